The molecule has 0 unspecified atom stereocenters. The number of anilines is 1. The monoisotopic (exact) mass is 382 g/mol. The van der Waals surface area contributed by atoms with Crippen molar-refractivity contribution in [3.63, 3.8) is 0 Å². The number of rotatable bonds is 4. The number of ether oxygens (including phenoxy) is 1. The molecule has 144 valence electrons. The van der Waals surface area contributed by atoms with Crippen molar-refractivity contribution >= 4 is 17.6 Å². The lowest BCUT2D eigenvalue weighted by molar-refractivity contribution is -0.141. The van der Waals surface area contributed by atoms with Gasteiger partial charge in [0, 0.05) is 12.2 Å². The van der Waals surface area contributed by atoms with Gasteiger partial charge in [0.15, 0.2) is 0 Å². The molecule has 2 N–H and O–H groups in total. The van der Waals surface area contributed by atoms with E-state index in [1.165, 1.54) is 16.8 Å². The van der Waals surface area contributed by atoms with Gasteiger partial charge in [-0.1, -0.05) is 6.07 Å². The minimum absolute atomic E-state index is 0.000549. The van der Waals surface area contributed by atoms with Crippen LogP contribution >= 0.6 is 0 Å². The maximum atomic E-state index is 12.8. The molecular weight excluding hydrogens is 365 g/mol. The smallest absolute Gasteiger partial charge is 0.433 e. The number of carbonyl (C=O) groups is 2. The predicted octanol–water partition coefficient (Wildman–Crippen LogP) is 3.00. The Kier molecular flexibility index (Phi) is 5.67. The van der Waals surface area contributed by atoms with Gasteiger partial charge in [0.2, 0.25) is 0 Å². The molecule has 0 atom stereocenters. The molecular formula is C17H17F3N4O3. The molecule has 0 fully saturated rings. The Morgan fingerprint density at radius 3 is 2.52 bits per heavy atom. The van der Waals surface area contributed by atoms with E-state index >= 15 is 0 Å². The number of hydrogen-bond acceptors (Lipinski definition) is 5. The number of esters is 1. The Hall–Kier alpha value is -3.17. The summed E-state index contributed by atoms with van der Waals surface area (Å²) in [6.45, 7) is 3.58. The van der Waals surface area contributed by atoms with Crippen LogP contribution in [0.5, 0.6) is 0 Å². The second kappa shape index (κ2) is 7.60. The normalized spacial score (nSPS) is 11.4. The van der Waals surface area contributed by atoms with Gasteiger partial charge in [0.05, 0.1) is 18.4 Å². The Bertz CT molecular complexity index is 936. The lowest BCUT2D eigenvalue weighted by Gasteiger charge is -2.16. The molecule has 0 bridgehead atoms. The molecule has 0 aliphatic carbocycles. The molecule has 2 rings (SSSR count). The highest BCUT2D eigenvalue weighted by molar-refractivity contribution is 6.06. The molecule has 0 aliphatic rings. The van der Waals surface area contributed by atoms with Gasteiger partial charge in [-0.15, -0.1) is 0 Å². The largest absolute Gasteiger partial charge is 0.465 e. The van der Waals surface area contributed by atoms with Crippen molar-refractivity contribution in [3.05, 3.63) is 52.9 Å². The molecule has 0 saturated heterocycles. The second-order valence-electron chi connectivity index (χ2n) is 5.84. The van der Waals surface area contributed by atoms with Gasteiger partial charge < -0.3 is 14.6 Å². The van der Waals surface area contributed by atoms with Crippen LogP contribution in [-0.2, 0) is 10.9 Å². The van der Waals surface area contributed by atoms with E-state index in [1.54, 1.807) is 13.8 Å². The molecule has 1 amide bonds. The average Bonchev–Trinajstić information content (AvgIpc) is 2.61. The zero-order chi connectivity index (χ0) is 20.4. The highest BCUT2D eigenvalue weighted by atomic mass is 19.4. The standard InChI is InChI=1S/C17H17F3N4O3/c1-9(2)24-8-12(10(7-14(24)21)16(26)27-3)23-15(25)11-5-4-6-13(22-11)17(18,19)20/h4-9,21H,1-3H3,(H,23,25). The quantitative estimate of drug-likeness (QED) is 0.795. The van der Waals surface area contributed by atoms with Gasteiger partial charge in [-0.3, -0.25) is 10.2 Å². The summed E-state index contributed by atoms with van der Waals surface area (Å²) in [4.78, 5) is 27.6. The van der Waals surface area contributed by atoms with Gasteiger partial charge in [-0.25, -0.2) is 9.78 Å². The first-order valence-electron chi connectivity index (χ1n) is 7.79. The van der Waals surface area contributed by atoms with E-state index in [0.717, 1.165) is 25.3 Å². The van der Waals surface area contributed by atoms with E-state index in [1.807, 2.05) is 0 Å². The van der Waals surface area contributed by atoms with E-state index in [4.69, 9.17) is 5.41 Å². The summed E-state index contributed by atoms with van der Waals surface area (Å²) in [5, 5.41) is 10.3. The fourth-order valence-electron chi connectivity index (χ4n) is 2.28. The molecule has 0 radical (unpaired) electrons. The van der Waals surface area contributed by atoms with Gasteiger partial charge >= 0.3 is 12.1 Å². The number of halogens is 3. The first-order chi connectivity index (χ1) is 12.5. The number of alkyl halides is 3. The van der Waals surface area contributed by atoms with Crippen molar-refractivity contribution in [2.45, 2.75) is 26.1 Å². The third-order valence-electron chi connectivity index (χ3n) is 3.60. The molecule has 2 aromatic heterocycles. The maximum absolute atomic E-state index is 12.8. The Labute approximate surface area is 152 Å². The number of hydrogen-bond donors (Lipinski definition) is 2. The van der Waals surface area contributed by atoms with Crippen LogP contribution < -0.4 is 10.8 Å². The maximum Gasteiger partial charge on any atom is 0.433 e. The van der Waals surface area contributed by atoms with Crippen LogP contribution in [0, 0.1) is 5.41 Å². The SMILES string of the molecule is COC(=O)c1cc(=N)n(C(C)C)cc1NC(=O)c1cccc(C(F)(F)F)n1. The zero-order valence-corrected chi connectivity index (χ0v) is 14.7. The minimum Gasteiger partial charge on any atom is -0.465 e. The summed E-state index contributed by atoms with van der Waals surface area (Å²) in [7, 11) is 1.13. The van der Waals surface area contributed by atoms with E-state index < -0.39 is 29.4 Å². The summed E-state index contributed by atoms with van der Waals surface area (Å²) in [5.41, 5.74) is -1.77. The van der Waals surface area contributed by atoms with Crippen LogP contribution in [-0.4, -0.2) is 28.5 Å². The van der Waals surface area contributed by atoms with Crippen LogP contribution in [0.3, 0.4) is 0 Å². The fraction of sp³-hybridized carbons (Fsp3) is 0.294. The third-order valence-corrected chi connectivity index (χ3v) is 3.60. The number of amides is 1. The summed E-state index contributed by atoms with van der Waals surface area (Å²) in [5.74, 6) is -1.73. The summed E-state index contributed by atoms with van der Waals surface area (Å²) >= 11 is 0. The van der Waals surface area contributed by atoms with Crippen LogP contribution in [0.2, 0.25) is 0 Å². The Morgan fingerprint density at radius 1 is 1.30 bits per heavy atom. The fourth-order valence-corrected chi connectivity index (χ4v) is 2.28. The van der Waals surface area contributed by atoms with Crippen molar-refractivity contribution < 1.29 is 27.5 Å². The van der Waals surface area contributed by atoms with Crippen LogP contribution in [0.1, 0.15) is 46.4 Å². The zero-order valence-electron chi connectivity index (χ0n) is 14.7. The first-order valence-corrected chi connectivity index (χ1v) is 7.79. The molecule has 0 saturated carbocycles. The van der Waals surface area contributed by atoms with Gasteiger partial charge in [0.1, 0.15) is 16.9 Å². The molecule has 0 aliphatic heterocycles. The van der Waals surface area contributed by atoms with Crippen molar-refractivity contribution in [2.75, 3.05) is 12.4 Å². The van der Waals surface area contributed by atoms with Gasteiger partial charge in [0.25, 0.3) is 5.91 Å². The summed E-state index contributed by atoms with van der Waals surface area (Å²) in [6.07, 6.45) is -3.34. The second-order valence-corrected chi connectivity index (χ2v) is 5.84. The van der Waals surface area contributed by atoms with E-state index in [9.17, 15) is 22.8 Å². The predicted molar refractivity (Wildman–Crippen MR) is 89.2 cm³/mol. The number of nitrogens with zero attached hydrogens (tertiary/aromatic N) is 2. The van der Waals surface area contributed by atoms with E-state index in [-0.39, 0.29) is 22.8 Å². The van der Waals surface area contributed by atoms with Crippen LogP contribution in [0.4, 0.5) is 18.9 Å². The van der Waals surface area contributed by atoms with Crippen LogP contribution in [0.25, 0.3) is 0 Å². The number of pyridine rings is 2. The molecule has 27 heavy (non-hydrogen) atoms. The number of nitrogens with one attached hydrogen (secondary N) is 2. The summed E-state index contributed by atoms with van der Waals surface area (Å²) in [6, 6.07) is 3.98. The first kappa shape index (κ1) is 20.1. The van der Waals surface area contributed by atoms with Crippen molar-refractivity contribution in [1.82, 2.24) is 9.55 Å². The van der Waals surface area contributed by atoms with Gasteiger partial charge in [-0.2, -0.15) is 13.2 Å². The average molecular weight is 382 g/mol. The third kappa shape index (κ3) is 4.52. The number of methoxy groups -OCH3 is 1. The van der Waals surface area contributed by atoms with Crippen LogP contribution in [0.15, 0.2) is 30.5 Å². The summed E-state index contributed by atoms with van der Waals surface area (Å²) < 4.78 is 44.5. The topological polar surface area (TPSA) is 97.1 Å². The lowest BCUT2D eigenvalue weighted by Crippen LogP contribution is -2.26. The van der Waals surface area contributed by atoms with E-state index in [0.29, 0.717) is 0 Å². The molecule has 10 heteroatoms. The Morgan fingerprint density at radius 2 is 1.96 bits per heavy atom. The van der Waals surface area contributed by atoms with Crippen molar-refractivity contribution in [3.8, 4) is 0 Å². The minimum atomic E-state index is -4.69. The highest BCUT2D eigenvalue weighted by Crippen LogP contribution is 2.27. The van der Waals surface area contributed by atoms with Crippen molar-refractivity contribution in [2.24, 2.45) is 0 Å². The molecule has 0 spiro atoms. The molecule has 2 heterocycles. The number of carbonyl (C=O) groups excluding carboxylic acids is 2. The highest BCUT2D eigenvalue weighted by Gasteiger charge is 2.33. The van der Waals surface area contributed by atoms with Gasteiger partial charge in [-0.05, 0) is 32.0 Å². The lowest BCUT2D eigenvalue weighted by atomic mass is 10.2. The van der Waals surface area contributed by atoms with Crippen molar-refractivity contribution in [1.29, 1.82) is 5.41 Å². The number of aromatic nitrogens is 2. The molecule has 7 nitrogen and oxygen atoms in total. The molecule has 2 aromatic rings. The van der Waals surface area contributed by atoms with E-state index in [2.05, 4.69) is 15.0 Å². The molecule has 0 aromatic carbocycles. The Balaban J connectivity index is 2.46.